The maximum absolute atomic E-state index is 12.7. The Hall–Kier alpha value is -1.92. The van der Waals surface area contributed by atoms with Crippen molar-refractivity contribution in [2.45, 2.75) is 43.9 Å². The molecule has 1 saturated heterocycles. The standard InChI is InChI=1S/C20H28N2O3S/c1-2-3-6-9-20(23)21-15-14-18-10-12-19(13-11-18)26(24,25)22-16-7-4-5-8-17-22/h2-3,6,9-13H,4-5,7-8,14-17H2,1H3,(H,21,23)/b3-2+,9-6+. The molecule has 0 unspecified atom stereocenters. The normalized spacial score (nSPS) is 16.8. The maximum Gasteiger partial charge on any atom is 0.243 e. The number of hydrogen-bond acceptors (Lipinski definition) is 3. The lowest BCUT2D eigenvalue weighted by atomic mass is 10.1. The van der Waals surface area contributed by atoms with Crippen molar-refractivity contribution in [3.8, 4) is 0 Å². The first-order valence-electron chi connectivity index (χ1n) is 9.20. The summed E-state index contributed by atoms with van der Waals surface area (Å²) in [6.07, 6.45) is 11.5. The van der Waals surface area contributed by atoms with E-state index in [1.54, 1.807) is 28.6 Å². The molecule has 1 aliphatic heterocycles. The van der Waals surface area contributed by atoms with E-state index >= 15 is 0 Å². The molecule has 1 N–H and O–H groups in total. The second-order valence-corrected chi connectivity index (χ2v) is 8.33. The molecule has 1 aromatic carbocycles. The van der Waals surface area contributed by atoms with Crippen molar-refractivity contribution in [1.29, 1.82) is 0 Å². The van der Waals surface area contributed by atoms with Gasteiger partial charge in [0.25, 0.3) is 0 Å². The van der Waals surface area contributed by atoms with Gasteiger partial charge in [-0.2, -0.15) is 4.31 Å². The van der Waals surface area contributed by atoms with Crippen LogP contribution in [0.5, 0.6) is 0 Å². The summed E-state index contributed by atoms with van der Waals surface area (Å²) in [6.45, 7) is 3.61. The lowest BCUT2D eigenvalue weighted by molar-refractivity contribution is -0.116. The number of carbonyl (C=O) groups excluding carboxylic acids is 1. The predicted octanol–water partition coefficient (Wildman–Crippen LogP) is 3.04. The van der Waals surface area contributed by atoms with Crippen molar-refractivity contribution >= 4 is 15.9 Å². The van der Waals surface area contributed by atoms with Crippen molar-refractivity contribution < 1.29 is 13.2 Å². The highest BCUT2D eigenvalue weighted by atomic mass is 32.2. The third-order valence-electron chi connectivity index (χ3n) is 4.39. The summed E-state index contributed by atoms with van der Waals surface area (Å²) >= 11 is 0. The smallest absolute Gasteiger partial charge is 0.243 e. The zero-order valence-corrected chi connectivity index (χ0v) is 16.2. The molecule has 5 nitrogen and oxygen atoms in total. The maximum atomic E-state index is 12.7. The summed E-state index contributed by atoms with van der Waals surface area (Å²) in [5.41, 5.74) is 0.998. The van der Waals surface area contributed by atoms with Gasteiger partial charge < -0.3 is 5.32 Å². The monoisotopic (exact) mass is 376 g/mol. The third kappa shape index (κ3) is 6.11. The molecule has 6 heteroatoms. The summed E-state index contributed by atoms with van der Waals surface area (Å²) < 4.78 is 27.1. The molecule has 0 radical (unpaired) electrons. The van der Waals surface area contributed by atoms with Crippen LogP contribution in [-0.2, 0) is 21.2 Å². The predicted molar refractivity (Wildman–Crippen MR) is 104 cm³/mol. The summed E-state index contributed by atoms with van der Waals surface area (Å²) in [5, 5.41) is 2.81. The van der Waals surface area contributed by atoms with Crippen LogP contribution in [0.25, 0.3) is 0 Å². The Kier molecular flexibility index (Phi) is 8.06. The van der Waals surface area contributed by atoms with Crippen molar-refractivity contribution in [1.82, 2.24) is 9.62 Å². The Balaban J connectivity index is 1.90. The van der Waals surface area contributed by atoms with Gasteiger partial charge in [0.05, 0.1) is 4.90 Å². The van der Waals surface area contributed by atoms with Crippen molar-refractivity contribution in [3.63, 3.8) is 0 Å². The van der Waals surface area contributed by atoms with Gasteiger partial charge in [-0.05, 0) is 43.9 Å². The molecule has 1 amide bonds. The number of benzene rings is 1. The van der Waals surface area contributed by atoms with Gasteiger partial charge in [0, 0.05) is 25.7 Å². The van der Waals surface area contributed by atoms with Crippen LogP contribution >= 0.6 is 0 Å². The molecule has 0 atom stereocenters. The molecule has 0 bridgehead atoms. The molecule has 1 heterocycles. The molecule has 0 aromatic heterocycles. The summed E-state index contributed by atoms with van der Waals surface area (Å²) in [4.78, 5) is 11.9. The second-order valence-electron chi connectivity index (χ2n) is 6.39. The Bertz CT molecular complexity index is 729. The molecule has 0 spiro atoms. The van der Waals surface area contributed by atoms with Crippen LogP contribution in [0.3, 0.4) is 0 Å². The van der Waals surface area contributed by atoms with Gasteiger partial charge in [-0.1, -0.05) is 43.2 Å². The van der Waals surface area contributed by atoms with Crippen LogP contribution in [0.4, 0.5) is 0 Å². The number of hydrogen-bond donors (Lipinski definition) is 1. The second kappa shape index (κ2) is 10.3. The zero-order chi connectivity index (χ0) is 18.8. The van der Waals surface area contributed by atoms with Gasteiger partial charge in [0.15, 0.2) is 0 Å². The van der Waals surface area contributed by atoms with Crippen molar-refractivity contribution in [2.75, 3.05) is 19.6 Å². The molecule has 1 fully saturated rings. The lowest BCUT2D eigenvalue weighted by Gasteiger charge is -2.20. The number of nitrogens with zero attached hydrogens (tertiary/aromatic N) is 1. The van der Waals surface area contributed by atoms with Crippen LogP contribution < -0.4 is 5.32 Å². The highest BCUT2D eigenvalue weighted by Gasteiger charge is 2.24. The molecule has 0 aliphatic carbocycles. The Morgan fingerprint density at radius 2 is 1.73 bits per heavy atom. The van der Waals surface area contributed by atoms with E-state index in [0.717, 1.165) is 31.2 Å². The van der Waals surface area contributed by atoms with Crippen LogP contribution in [0.15, 0.2) is 53.5 Å². The third-order valence-corrected chi connectivity index (χ3v) is 6.30. The fraction of sp³-hybridized carbons (Fsp3) is 0.450. The average molecular weight is 377 g/mol. The number of rotatable bonds is 7. The van der Waals surface area contributed by atoms with E-state index in [1.165, 1.54) is 6.08 Å². The topological polar surface area (TPSA) is 66.5 Å². The first-order valence-corrected chi connectivity index (χ1v) is 10.6. The van der Waals surface area contributed by atoms with E-state index in [9.17, 15) is 13.2 Å². The van der Waals surface area contributed by atoms with Gasteiger partial charge in [0.2, 0.25) is 15.9 Å². The Morgan fingerprint density at radius 3 is 2.35 bits per heavy atom. The van der Waals surface area contributed by atoms with Crippen LogP contribution in [-0.4, -0.2) is 38.3 Å². The first kappa shape index (κ1) is 20.4. The van der Waals surface area contributed by atoms with Gasteiger partial charge in [-0.25, -0.2) is 8.42 Å². The van der Waals surface area contributed by atoms with Gasteiger partial charge >= 0.3 is 0 Å². The van der Waals surface area contributed by atoms with Crippen LogP contribution in [0.2, 0.25) is 0 Å². The van der Waals surface area contributed by atoms with Crippen molar-refractivity contribution in [3.05, 3.63) is 54.1 Å². The van der Waals surface area contributed by atoms with Gasteiger partial charge in [-0.3, -0.25) is 4.79 Å². The first-order chi connectivity index (χ1) is 12.5. The highest BCUT2D eigenvalue weighted by Crippen LogP contribution is 2.20. The minimum absolute atomic E-state index is 0.136. The van der Waals surface area contributed by atoms with Gasteiger partial charge in [0.1, 0.15) is 0 Å². The molecule has 0 saturated carbocycles. The van der Waals surface area contributed by atoms with Gasteiger partial charge in [-0.15, -0.1) is 0 Å². The molecule has 142 valence electrons. The minimum atomic E-state index is -3.40. The van der Waals surface area contributed by atoms with E-state index in [-0.39, 0.29) is 5.91 Å². The zero-order valence-electron chi connectivity index (χ0n) is 15.4. The largest absolute Gasteiger partial charge is 0.352 e. The highest BCUT2D eigenvalue weighted by molar-refractivity contribution is 7.89. The number of amides is 1. The molecule has 26 heavy (non-hydrogen) atoms. The van der Waals surface area contributed by atoms with Crippen LogP contribution in [0, 0.1) is 0 Å². The molecule has 1 aromatic rings. The van der Waals surface area contributed by atoms with E-state index in [4.69, 9.17) is 0 Å². The van der Waals surface area contributed by atoms with Crippen LogP contribution in [0.1, 0.15) is 38.2 Å². The molecule has 2 rings (SSSR count). The molecular weight excluding hydrogens is 348 g/mol. The fourth-order valence-corrected chi connectivity index (χ4v) is 4.42. The van der Waals surface area contributed by atoms with E-state index in [2.05, 4.69) is 5.32 Å². The van der Waals surface area contributed by atoms with Crippen molar-refractivity contribution in [2.24, 2.45) is 0 Å². The SMILES string of the molecule is C/C=C/C=C/C(=O)NCCc1ccc(S(=O)(=O)N2CCCCCC2)cc1. The molecule has 1 aliphatic rings. The Labute approximate surface area is 156 Å². The van der Waals surface area contributed by atoms with E-state index in [1.807, 2.05) is 25.1 Å². The number of sulfonamides is 1. The minimum Gasteiger partial charge on any atom is -0.352 e. The summed E-state index contributed by atoms with van der Waals surface area (Å²) in [5.74, 6) is -0.136. The lowest BCUT2D eigenvalue weighted by Crippen LogP contribution is -2.31. The number of allylic oxidation sites excluding steroid dienone is 3. The van der Waals surface area contributed by atoms with E-state index < -0.39 is 10.0 Å². The Morgan fingerprint density at radius 1 is 1.08 bits per heavy atom. The number of nitrogens with one attached hydrogen (secondary N) is 1. The summed E-state index contributed by atoms with van der Waals surface area (Å²) in [6, 6.07) is 6.99. The van der Waals surface area contributed by atoms with E-state index in [0.29, 0.717) is 31.0 Å². The molecular formula is C20H28N2O3S. The summed E-state index contributed by atoms with van der Waals surface area (Å²) in [7, 11) is -3.40. The quantitative estimate of drug-likeness (QED) is 0.587. The number of carbonyl (C=O) groups is 1. The average Bonchev–Trinajstić information content (AvgIpc) is 2.92. The fourth-order valence-electron chi connectivity index (χ4n) is 2.90.